The van der Waals surface area contributed by atoms with Gasteiger partial charge < -0.3 is 5.32 Å². The van der Waals surface area contributed by atoms with Gasteiger partial charge in [0.15, 0.2) is 0 Å². The molecule has 21 heavy (non-hydrogen) atoms. The summed E-state index contributed by atoms with van der Waals surface area (Å²) in [5.41, 5.74) is 2.99. The molecule has 2 heteroatoms. The topological polar surface area (TPSA) is 12.0 Å². The fourth-order valence-corrected chi connectivity index (χ4v) is 3.81. The largest absolute Gasteiger partial charge is 0.310 e. The number of thioether (sulfide) groups is 1. The maximum atomic E-state index is 3.76. The van der Waals surface area contributed by atoms with Crippen LogP contribution in [0.4, 0.5) is 0 Å². The Bertz CT molecular complexity index is 435. The lowest BCUT2D eigenvalue weighted by molar-refractivity contribution is 0.584. The Balaban J connectivity index is 1.94. The van der Waals surface area contributed by atoms with Crippen molar-refractivity contribution in [1.29, 1.82) is 0 Å². The zero-order valence-electron chi connectivity index (χ0n) is 13.5. The second-order valence-corrected chi connectivity index (χ2v) is 7.10. The number of rotatable bonds is 7. The van der Waals surface area contributed by atoms with E-state index in [9.17, 15) is 0 Å². The van der Waals surface area contributed by atoms with Crippen LogP contribution in [0, 0.1) is 6.92 Å². The summed E-state index contributed by atoms with van der Waals surface area (Å²) in [6.07, 6.45) is 10.4. The maximum absolute atomic E-state index is 3.76. The van der Waals surface area contributed by atoms with Crippen molar-refractivity contribution in [2.45, 2.75) is 63.3 Å². The number of allylic oxidation sites excluding steroid dienone is 1. The standard InChI is InChI=1S/C19H29NS/c1-3-14-20-19(17-8-6-4-5-7-9-17)15-21-18-12-10-16(2)11-13-18/h8,10-13,19-20H,3-7,9,14-15H2,1-2H3. The molecule has 0 amide bonds. The van der Waals surface area contributed by atoms with E-state index in [-0.39, 0.29) is 0 Å². The first kappa shape index (κ1) is 16.6. The molecule has 0 saturated carbocycles. The molecule has 1 unspecified atom stereocenters. The molecule has 1 aliphatic carbocycles. The van der Waals surface area contributed by atoms with Crippen molar-refractivity contribution in [3.63, 3.8) is 0 Å². The van der Waals surface area contributed by atoms with E-state index in [0.717, 1.165) is 12.3 Å². The molecule has 0 aromatic heterocycles. The van der Waals surface area contributed by atoms with Crippen LogP contribution in [0.2, 0.25) is 0 Å². The molecule has 1 aromatic carbocycles. The third-order valence-corrected chi connectivity index (χ3v) is 5.21. The minimum absolute atomic E-state index is 0.550. The second kappa shape index (κ2) is 9.32. The molecule has 2 rings (SSSR count). The Labute approximate surface area is 134 Å². The monoisotopic (exact) mass is 303 g/mol. The molecular formula is C19H29NS. The molecule has 116 valence electrons. The number of hydrogen-bond donors (Lipinski definition) is 1. The lowest BCUT2D eigenvalue weighted by atomic mass is 10.0. The molecule has 0 heterocycles. The van der Waals surface area contributed by atoms with Crippen molar-refractivity contribution >= 4 is 11.8 Å². The van der Waals surface area contributed by atoms with Gasteiger partial charge in [0.2, 0.25) is 0 Å². The lowest BCUT2D eigenvalue weighted by Gasteiger charge is -2.21. The summed E-state index contributed by atoms with van der Waals surface area (Å²) in [6.45, 7) is 5.52. The molecule has 0 radical (unpaired) electrons. The van der Waals surface area contributed by atoms with Gasteiger partial charge in [-0.1, -0.05) is 42.7 Å². The molecule has 1 aliphatic rings. The smallest absolute Gasteiger partial charge is 0.0374 e. The van der Waals surface area contributed by atoms with Crippen molar-refractivity contribution in [3.8, 4) is 0 Å². The molecular weight excluding hydrogens is 274 g/mol. The highest BCUT2D eigenvalue weighted by atomic mass is 32.2. The SMILES string of the molecule is CCCNC(CSc1ccc(C)cc1)C1=CCCCCC1. The van der Waals surface area contributed by atoms with Crippen LogP contribution in [-0.4, -0.2) is 18.3 Å². The minimum atomic E-state index is 0.550. The first-order valence-corrected chi connectivity index (χ1v) is 9.40. The van der Waals surface area contributed by atoms with E-state index in [1.807, 2.05) is 11.8 Å². The Morgan fingerprint density at radius 2 is 1.95 bits per heavy atom. The quantitative estimate of drug-likeness (QED) is 0.538. The van der Waals surface area contributed by atoms with Gasteiger partial charge in [0.05, 0.1) is 0 Å². The Kier molecular flexibility index (Phi) is 7.38. The zero-order valence-corrected chi connectivity index (χ0v) is 14.3. The van der Waals surface area contributed by atoms with Gasteiger partial charge in [-0.25, -0.2) is 0 Å². The van der Waals surface area contributed by atoms with Crippen molar-refractivity contribution in [2.75, 3.05) is 12.3 Å². The fraction of sp³-hybridized carbons (Fsp3) is 0.579. The lowest BCUT2D eigenvalue weighted by Crippen LogP contribution is -2.33. The highest BCUT2D eigenvalue weighted by Gasteiger charge is 2.15. The van der Waals surface area contributed by atoms with Crippen LogP contribution in [0.25, 0.3) is 0 Å². The Hall–Kier alpha value is -0.730. The fourth-order valence-electron chi connectivity index (χ4n) is 2.79. The normalized spacial score (nSPS) is 17.1. The average molecular weight is 304 g/mol. The maximum Gasteiger partial charge on any atom is 0.0374 e. The third kappa shape index (κ3) is 5.88. The Morgan fingerprint density at radius 3 is 2.71 bits per heavy atom. The van der Waals surface area contributed by atoms with Gasteiger partial charge >= 0.3 is 0 Å². The van der Waals surface area contributed by atoms with Crippen LogP contribution in [0.1, 0.15) is 51.0 Å². The zero-order chi connectivity index (χ0) is 14.9. The molecule has 1 aromatic rings. The molecule has 0 bridgehead atoms. The van der Waals surface area contributed by atoms with Crippen LogP contribution in [0.5, 0.6) is 0 Å². The number of hydrogen-bond acceptors (Lipinski definition) is 2. The first-order chi connectivity index (χ1) is 10.3. The summed E-state index contributed by atoms with van der Waals surface area (Å²) in [5, 5.41) is 3.76. The second-order valence-electron chi connectivity index (χ2n) is 6.01. The summed E-state index contributed by atoms with van der Waals surface area (Å²) in [4.78, 5) is 1.39. The molecule has 1 N–H and O–H groups in total. The number of nitrogens with one attached hydrogen (secondary N) is 1. The van der Waals surface area contributed by atoms with Gasteiger partial charge in [-0.3, -0.25) is 0 Å². The van der Waals surface area contributed by atoms with Gasteiger partial charge in [-0.2, -0.15) is 0 Å². The predicted molar refractivity (Wildman–Crippen MR) is 95.2 cm³/mol. The van der Waals surface area contributed by atoms with Gasteiger partial charge in [-0.15, -0.1) is 11.8 Å². The average Bonchev–Trinajstić information content (AvgIpc) is 2.78. The van der Waals surface area contributed by atoms with Crippen molar-refractivity contribution < 1.29 is 0 Å². The van der Waals surface area contributed by atoms with E-state index in [1.165, 1.54) is 49.0 Å². The van der Waals surface area contributed by atoms with Crippen LogP contribution in [0.15, 0.2) is 40.8 Å². The van der Waals surface area contributed by atoms with Crippen LogP contribution < -0.4 is 5.32 Å². The minimum Gasteiger partial charge on any atom is -0.310 e. The summed E-state index contributed by atoms with van der Waals surface area (Å²) in [7, 11) is 0. The number of benzene rings is 1. The molecule has 0 saturated heterocycles. The summed E-state index contributed by atoms with van der Waals surface area (Å²) < 4.78 is 0. The molecule has 1 nitrogen and oxygen atoms in total. The van der Waals surface area contributed by atoms with Gasteiger partial charge in [0.25, 0.3) is 0 Å². The van der Waals surface area contributed by atoms with E-state index < -0.39 is 0 Å². The molecule has 1 atom stereocenters. The van der Waals surface area contributed by atoms with E-state index in [4.69, 9.17) is 0 Å². The summed E-state index contributed by atoms with van der Waals surface area (Å²) in [6, 6.07) is 9.47. The van der Waals surface area contributed by atoms with E-state index >= 15 is 0 Å². The molecule has 0 fully saturated rings. The van der Waals surface area contributed by atoms with Gasteiger partial charge in [-0.05, 0) is 57.7 Å². The summed E-state index contributed by atoms with van der Waals surface area (Å²) >= 11 is 1.98. The van der Waals surface area contributed by atoms with Crippen molar-refractivity contribution in [2.24, 2.45) is 0 Å². The van der Waals surface area contributed by atoms with E-state index in [0.29, 0.717) is 6.04 Å². The van der Waals surface area contributed by atoms with Gasteiger partial charge in [0, 0.05) is 16.7 Å². The van der Waals surface area contributed by atoms with Crippen molar-refractivity contribution in [1.82, 2.24) is 5.32 Å². The van der Waals surface area contributed by atoms with Crippen LogP contribution >= 0.6 is 11.8 Å². The molecule has 0 aliphatic heterocycles. The first-order valence-electron chi connectivity index (χ1n) is 8.41. The van der Waals surface area contributed by atoms with E-state index in [2.05, 4.69) is 49.5 Å². The Morgan fingerprint density at radius 1 is 1.14 bits per heavy atom. The van der Waals surface area contributed by atoms with E-state index in [1.54, 1.807) is 5.57 Å². The highest BCUT2D eigenvalue weighted by Crippen LogP contribution is 2.25. The highest BCUT2D eigenvalue weighted by molar-refractivity contribution is 7.99. The predicted octanol–water partition coefficient (Wildman–Crippen LogP) is 5.35. The van der Waals surface area contributed by atoms with Crippen molar-refractivity contribution in [3.05, 3.63) is 41.5 Å². The van der Waals surface area contributed by atoms with Gasteiger partial charge in [0.1, 0.15) is 0 Å². The summed E-state index contributed by atoms with van der Waals surface area (Å²) in [5.74, 6) is 1.15. The van der Waals surface area contributed by atoms with Crippen LogP contribution in [-0.2, 0) is 0 Å². The third-order valence-electron chi connectivity index (χ3n) is 4.10. The van der Waals surface area contributed by atoms with Crippen LogP contribution in [0.3, 0.4) is 0 Å². The molecule has 0 spiro atoms. The number of aryl methyl sites for hydroxylation is 1.